The number of amides is 1. The molecule has 0 bridgehead atoms. The predicted molar refractivity (Wildman–Crippen MR) is 53.6 cm³/mol. The first-order valence-corrected chi connectivity index (χ1v) is 4.26. The fraction of sp³-hybridized carbons (Fsp3) is 0. The van der Waals surface area contributed by atoms with E-state index in [-0.39, 0.29) is 11.3 Å². The van der Waals surface area contributed by atoms with E-state index >= 15 is 0 Å². The summed E-state index contributed by atoms with van der Waals surface area (Å²) < 4.78 is 0. The van der Waals surface area contributed by atoms with Crippen LogP contribution in [0.4, 0.5) is 5.82 Å². The molecular formula is C9H8N4O2. The molecule has 0 fully saturated rings. The normalized spacial score (nSPS) is 9.87. The highest BCUT2D eigenvalue weighted by Gasteiger charge is 2.08. The lowest BCUT2D eigenvalue weighted by atomic mass is 10.4. The summed E-state index contributed by atoms with van der Waals surface area (Å²) in [6.07, 6.45) is 1.56. The number of anilines is 1. The van der Waals surface area contributed by atoms with Gasteiger partial charge >= 0.3 is 0 Å². The lowest BCUT2D eigenvalue weighted by Gasteiger charge is -2.00. The summed E-state index contributed by atoms with van der Waals surface area (Å²) in [6.45, 7) is 0. The van der Waals surface area contributed by atoms with Crippen LogP contribution in [0.5, 0.6) is 0 Å². The molecule has 0 aliphatic rings. The van der Waals surface area contributed by atoms with Gasteiger partial charge in [0.05, 0.1) is 0 Å². The molecule has 2 heterocycles. The van der Waals surface area contributed by atoms with Crippen LogP contribution in [0.2, 0.25) is 0 Å². The third kappa shape index (κ3) is 2.11. The summed E-state index contributed by atoms with van der Waals surface area (Å²) in [7, 11) is 0. The number of nitrogens with one attached hydrogen (secondary N) is 3. The predicted octanol–water partition coefficient (Wildman–Crippen LogP) is 0.350. The van der Waals surface area contributed by atoms with Gasteiger partial charge < -0.3 is 5.32 Å². The molecule has 0 aromatic carbocycles. The number of aromatic nitrogens is 3. The number of carbonyl (C=O) groups is 1. The van der Waals surface area contributed by atoms with Crippen molar-refractivity contribution in [2.24, 2.45) is 0 Å². The van der Waals surface area contributed by atoms with Gasteiger partial charge in [-0.3, -0.25) is 19.8 Å². The van der Waals surface area contributed by atoms with E-state index in [2.05, 4.69) is 20.5 Å². The van der Waals surface area contributed by atoms with Crippen molar-refractivity contribution in [2.75, 3.05) is 5.32 Å². The average Bonchev–Trinajstić information content (AvgIpc) is 2.66. The number of hydrogen-bond donors (Lipinski definition) is 3. The molecule has 2 aromatic heterocycles. The third-order valence-electron chi connectivity index (χ3n) is 1.75. The van der Waals surface area contributed by atoms with E-state index in [0.29, 0.717) is 5.82 Å². The Kier molecular flexibility index (Phi) is 2.32. The van der Waals surface area contributed by atoms with Gasteiger partial charge in [0.1, 0.15) is 11.5 Å². The monoisotopic (exact) mass is 204 g/mol. The molecule has 0 unspecified atom stereocenters. The lowest BCUT2D eigenvalue weighted by molar-refractivity contribution is 0.102. The Morgan fingerprint density at radius 1 is 1.33 bits per heavy atom. The summed E-state index contributed by atoms with van der Waals surface area (Å²) in [4.78, 5) is 26.2. The van der Waals surface area contributed by atoms with Crippen LogP contribution >= 0.6 is 0 Å². The molecule has 15 heavy (non-hydrogen) atoms. The van der Waals surface area contributed by atoms with E-state index in [1.165, 1.54) is 6.07 Å². The van der Waals surface area contributed by atoms with Crippen LogP contribution in [0.1, 0.15) is 10.5 Å². The number of nitrogens with zero attached hydrogens (tertiary/aromatic N) is 1. The summed E-state index contributed by atoms with van der Waals surface area (Å²) in [5, 5.41) is 7.25. The number of hydrogen-bond acceptors (Lipinski definition) is 3. The molecule has 0 saturated heterocycles. The van der Waals surface area contributed by atoms with Crippen molar-refractivity contribution in [3.63, 3.8) is 0 Å². The van der Waals surface area contributed by atoms with E-state index < -0.39 is 5.91 Å². The van der Waals surface area contributed by atoms with Crippen molar-refractivity contribution in [1.82, 2.24) is 15.2 Å². The molecule has 3 N–H and O–H groups in total. The van der Waals surface area contributed by atoms with Gasteiger partial charge in [0.2, 0.25) is 0 Å². The summed E-state index contributed by atoms with van der Waals surface area (Å²) in [5.74, 6) is 0.0246. The Labute approximate surface area is 84.3 Å². The highest BCUT2D eigenvalue weighted by molar-refractivity contribution is 6.02. The highest BCUT2D eigenvalue weighted by atomic mass is 16.2. The summed E-state index contributed by atoms with van der Waals surface area (Å²) >= 11 is 0. The van der Waals surface area contributed by atoms with Gasteiger partial charge in [-0.15, -0.1) is 0 Å². The van der Waals surface area contributed by atoms with Crippen LogP contribution < -0.4 is 10.9 Å². The maximum absolute atomic E-state index is 11.5. The van der Waals surface area contributed by atoms with Gasteiger partial charge in [0, 0.05) is 12.3 Å². The quantitative estimate of drug-likeness (QED) is 0.659. The molecule has 0 aliphatic carbocycles. The van der Waals surface area contributed by atoms with E-state index in [1.807, 2.05) is 0 Å². The van der Waals surface area contributed by atoms with Gasteiger partial charge in [-0.25, -0.2) is 4.98 Å². The Morgan fingerprint density at radius 3 is 2.80 bits per heavy atom. The smallest absolute Gasteiger partial charge is 0.274 e. The first kappa shape index (κ1) is 9.20. The minimum atomic E-state index is -0.410. The molecule has 2 rings (SSSR count). The van der Waals surface area contributed by atoms with Gasteiger partial charge in [-0.2, -0.15) is 0 Å². The number of aromatic amines is 2. The molecule has 0 saturated carbocycles. The second-order valence-corrected chi connectivity index (χ2v) is 2.84. The van der Waals surface area contributed by atoms with Crippen LogP contribution in [0.3, 0.4) is 0 Å². The van der Waals surface area contributed by atoms with Crippen LogP contribution in [0.25, 0.3) is 0 Å². The van der Waals surface area contributed by atoms with Crippen molar-refractivity contribution in [2.45, 2.75) is 0 Å². The maximum Gasteiger partial charge on any atom is 0.274 e. The van der Waals surface area contributed by atoms with Gasteiger partial charge in [0.15, 0.2) is 0 Å². The van der Waals surface area contributed by atoms with Gasteiger partial charge in [-0.05, 0) is 12.1 Å². The third-order valence-corrected chi connectivity index (χ3v) is 1.75. The highest BCUT2D eigenvalue weighted by Crippen LogP contribution is 2.01. The maximum atomic E-state index is 11.5. The van der Waals surface area contributed by atoms with Gasteiger partial charge in [-0.1, -0.05) is 6.07 Å². The second kappa shape index (κ2) is 3.79. The van der Waals surface area contributed by atoms with E-state index in [9.17, 15) is 9.59 Å². The average molecular weight is 204 g/mol. The Balaban J connectivity index is 2.14. The Hall–Kier alpha value is -2.37. The molecule has 2 aromatic rings. The number of pyridine rings is 1. The largest absolute Gasteiger partial charge is 0.305 e. The Morgan fingerprint density at radius 2 is 2.20 bits per heavy atom. The lowest BCUT2D eigenvalue weighted by Crippen LogP contribution is -2.13. The van der Waals surface area contributed by atoms with E-state index in [0.717, 1.165) is 0 Å². The van der Waals surface area contributed by atoms with Crippen molar-refractivity contribution < 1.29 is 4.79 Å². The zero-order chi connectivity index (χ0) is 10.7. The van der Waals surface area contributed by atoms with Crippen LogP contribution in [0.15, 0.2) is 35.3 Å². The summed E-state index contributed by atoms with van der Waals surface area (Å²) in [6, 6.07) is 6.33. The van der Waals surface area contributed by atoms with Gasteiger partial charge in [0.25, 0.3) is 11.5 Å². The minimum Gasteiger partial charge on any atom is -0.305 e. The molecule has 1 amide bonds. The molecule has 6 nitrogen and oxygen atoms in total. The van der Waals surface area contributed by atoms with Crippen molar-refractivity contribution in [3.8, 4) is 0 Å². The minimum absolute atomic E-state index is 0.172. The topological polar surface area (TPSA) is 90.6 Å². The van der Waals surface area contributed by atoms with E-state index in [1.54, 1.807) is 24.4 Å². The SMILES string of the molecule is O=C(Nc1ccccn1)c1cc(=O)[nH][nH]1. The van der Waals surface area contributed by atoms with Crippen LogP contribution in [0, 0.1) is 0 Å². The van der Waals surface area contributed by atoms with E-state index in [4.69, 9.17) is 0 Å². The standard InChI is InChI=1S/C9H8N4O2/c14-8-5-6(12-13-8)9(15)11-7-3-1-2-4-10-7/h1-5H,(H,10,11,15)(H2,12,13,14). The van der Waals surface area contributed by atoms with Crippen LogP contribution in [-0.2, 0) is 0 Å². The molecule has 6 heteroatoms. The summed E-state index contributed by atoms with van der Waals surface area (Å²) in [5.41, 5.74) is -0.174. The zero-order valence-electron chi connectivity index (χ0n) is 7.65. The number of rotatable bonds is 2. The molecule has 0 spiro atoms. The molecule has 76 valence electrons. The van der Waals surface area contributed by atoms with Crippen molar-refractivity contribution in [1.29, 1.82) is 0 Å². The fourth-order valence-corrected chi connectivity index (χ4v) is 1.07. The fourth-order valence-electron chi connectivity index (χ4n) is 1.07. The van der Waals surface area contributed by atoms with Crippen LogP contribution in [-0.4, -0.2) is 21.1 Å². The Bertz CT molecular complexity index is 514. The van der Waals surface area contributed by atoms with Crippen molar-refractivity contribution >= 4 is 11.7 Å². The molecule has 0 atom stereocenters. The zero-order valence-corrected chi connectivity index (χ0v) is 7.65. The second-order valence-electron chi connectivity index (χ2n) is 2.84. The number of H-pyrrole nitrogens is 2. The first-order valence-electron chi connectivity index (χ1n) is 4.26. The molecular weight excluding hydrogens is 196 g/mol. The molecule has 0 radical (unpaired) electrons. The number of carbonyl (C=O) groups excluding carboxylic acids is 1. The molecule has 0 aliphatic heterocycles. The van der Waals surface area contributed by atoms with Crippen molar-refractivity contribution in [3.05, 3.63) is 46.5 Å². The first-order chi connectivity index (χ1) is 7.25.